The lowest BCUT2D eigenvalue weighted by molar-refractivity contribution is -0.141. The summed E-state index contributed by atoms with van der Waals surface area (Å²) in [4.78, 5) is 40.6. The maximum Gasteiger partial charge on any atom is 0.256 e. The summed E-state index contributed by atoms with van der Waals surface area (Å²) in [5, 5.41) is 10.7. The van der Waals surface area contributed by atoms with Crippen LogP contribution in [0.15, 0.2) is 82.3 Å². The first-order valence-electron chi connectivity index (χ1n) is 12.8. The average molecular weight is 571 g/mol. The molecule has 0 bridgehead atoms. The Bertz CT molecular complexity index is 1570. The number of nitrogens with zero attached hydrogens (tertiary/aromatic N) is 3. The molecule has 1 aliphatic carbocycles. The molecule has 8 heteroatoms. The smallest absolute Gasteiger partial charge is 0.256 e. The normalized spacial score (nSPS) is 16.8. The van der Waals surface area contributed by atoms with E-state index in [1.165, 1.54) is 0 Å². The standard InChI is InChI=1S/C30H27BrN4O3/c31-23-9-4-8-20(15-23)26(36)28(38)35-13-5-10-25-24(18-35)27(37)34-29(33-25)30(11-12-30)22-14-21(16-32-17-22)19-6-2-1-3-7-19/h1-4,6-9,14-17,26,36H,5,10-13,18H2,(H,33,34,37)/t26-/m1/s1. The Kier molecular flexibility index (Phi) is 6.45. The van der Waals surface area contributed by atoms with E-state index in [0.717, 1.165) is 39.7 Å². The van der Waals surface area contributed by atoms with E-state index in [2.05, 4.69) is 44.1 Å². The molecule has 0 saturated heterocycles. The molecular weight excluding hydrogens is 544 g/mol. The number of aromatic nitrogens is 3. The third-order valence-corrected chi connectivity index (χ3v) is 8.10. The maximum atomic E-state index is 13.4. The number of carbonyl (C=O) groups is 1. The van der Waals surface area contributed by atoms with E-state index in [0.29, 0.717) is 36.3 Å². The summed E-state index contributed by atoms with van der Waals surface area (Å²) in [5.74, 6) is 0.254. The predicted octanol–water partition coefficient (Wildman–Crippen LogP) is 4.68. The highest BCUT2D eigenvalue weighted by atomic mass is 79.9. The Morgan fingerprint density at radius 1 is 1.05 bits per heavy atom. The van der Waals surface area contributed by atoms with Crippen LogP contribution < -0.4 is 5.56 Å². The van der Waals surface area contributed by atoms with Crippen LogP contribution in [0.2, 0.25) is 0 Å². The van der Waals surface area contributed by atoms with Gasteiger partial charge in [-0.1, -0.05) is 58.4 Å². The summed E-state index contributed by atoms with van der Waals surface area (Å²) < 4.78 is 0.787. The summed E-state index contributed by atoms with van der Waals surface area (Å²) >= 11 is 3.39. The molecule has 1 saturated carbocycles. The molecular formula is C30H27BrN4O3. The molecule has 1 aliphatic heterocycles. The van der Waals surface area contributed by atoms with Crippen LogP contribution in [0.5, 0.6) is 0 Å². The minimum atomic E-state index is -1.29. The summed E-state index contributed by atoms with van der Waals surface area (Å²) in [5.41, 5.74) is 4.33. The summed E-state index contributed by atoms with van der Waals surface area (Å²) in [6.07, 6.45) is 5.47. The Morgan fingerprint density at radius 2 is 1.87 bits per heavy atom. The van der Waals surface area contributed by atoms with Gasteiger partial charge >= 0.3 is 0 Å². The number of amides is 1. The third kappa shape index (κ3) is 4.59. The third-order valence-electron chi connectivity index (χ3n) is 7.60. The van der Waals surface area contributed by atoms with Crippen LogP contribution in [-0.2, 0) is 23.2 Å². The van der Waals surface area contributed by atoms with Crippen LogP contribution >= 0.6 is 15.9 Å². The molecule has 0 unspecified atom stereocenters. The Balaban J connectivity index is 1.29. The number of rotatable bonds is 5. The zero-order chi connectivity index (χ0) is 26.3. The van der Waals surface area contributed by atoms with E-state index in [9.17, 15) is 14.7 Å². The Hall–Kier alpha value is -3.62. The Morgan fingerprint density at radius 3 is 2.63 bits per heavy atom. The number of nitrogens with one attached hydrogen (secondary N) is 1. The van der Waals surface area contributed by atoms with Gasteiger partial charge in [-0.05, 0) is 60.6 Å². The first-order valence-corrected chi connectivity index (χ1v) is 13.6. The van der Waals surface area contributed by atoms with Crippen LogP contribution in [0.4, 0.5) is 0 Å². The molecule has 3 heterocycles. The molecule has 2 N–H and O–H groups in total. The second-order valence-corrected chi connectivity index (χ2v) is 11.0. The number of aryl methyl sites for hydroxylation is 1. The van der Waals surface area contributed by atoms with Gasteiger partial charge in [-0.2, -0.15) is 0 Å². The van der Waals surface area contributed by atoms with Gasteiger partial charge in [0.1, 0.15) is 5.82 Å². The van der Waals surface area contributed by atoms with Crippen molar-refractivity contribution in [3.63, 3.8) is 0 Å². The molecule has 6 rings (SSSR count). The molecule has 1 fully saturated rings. The fourth-order valence-corrected chi connectivity index (χ4v) is 5.72. The summed E-state index contributed by atoms with van der Waals surface area (Å²) in [6, 6.07) is 19.3. The topological polar surface area (TPSA) is 99.2 Å². The number of carbonyl (C=O) groups excluding carboxylic acids is 1. The number of H-pyrrole nitrogens is 1. The van der Waals surface area contributed by atoms with Gasteiger partial charge in [0.25, 0.3) is 11.5 Å². The summed E-state index contributed by atoms with van der Waals surface area (Å²) in [7, 11) is 0. The van der Waals surface area contributed by atoms with Crippen molar-refractivity contribution in [2.75, 3.05) is 6.54 Å². The molecule has 7 nitrogen and oxygen atoms in total. The molecule has 2 aliphatic rings. The van der Waals surface area contributed by atoms with Crippen LogP contribution in [0.3, 0.4) is 0 Å². The number of pyridine rings is 1. The zero-order valence-electron chi connectivity index (χ0n) is 20.7. The van der Waals surface area contributed by atoms with Crippen molar-refractivity contribution in [3.8, 4) is 11.1 Å². The van der Waals surface area contributed by atoms with Gasteiger partial charge in [0.2, 0.25) is 0 Å². The van der Waals surface area contributed by atoms with Crippen molar-refractivity contribution in [2.24, 2.45) is 0 Å². The molecule has 0 radical (unpaired) electrons. The number of hydrogen-bond acceptors (Lipinski definition) is 5. The zero-order valence-corrected chi connectivity index (χ0v) is 22.3. The molecule has 2 aromatic heterocycles. The van der Waals surface area contributed by atoms with Gasteiger partial charge < -0.3 is 15.0 Å². The second kappa shape index (κ2) is 9.93. The summed E-state index contributed by atoms with van der Waals surface area (Å²) in [6.45, 7) is 0.573. The van der Waals surface area contributed by atoms with E-state index in [-0.39, 0.29) is 17.5 Å². The number of benzene rings is 2. The van der Waals surface area contributed by atoms with Crippen LogP contribution in [0.25, 0.3) is 11.1 Å². The molecule has 1 amide bonds. The van der Waals surface area contributed by atoms with E-state index >= 15 is 0 Å². The lowest BCUT2D eigenvalue weighted by atomic mass is 9.93. The van der Waals surface area contributed by atoms with E-state index < -0.39 is 12.0 Å². The van der Waals surface area contributed by atoms with Crippen molar-refractivity contribution >= 4 is 21.8 Å². The number of aliphatic hydroxyl groups is 1. The first-order chi connectivity index (χ1) is 18.4. The first kappa shape index (κ1) is 24.7. The fourth-order valence-electron chi connectivity index (χ4n) is 5.31. The molecule has 0 spiro atoms. The molecule has 192 valence electrons. The maximum absolute atomic E-state index is 13.4. The van der Waals surface area contributed by atoms with Crippen LogP contribution in [-0.4, -0.2) is 37.4 Å². The highest BCUT2D eigenvalue weighted by Gasteiger charge is 2.49. The van der Waals surface area contributed by atoms with Crippen molar-refractivity contribution in [3.05, 3.63) is 116 Å². The Labute approximate surface area is 228 Å². The quantitative estimate of drug-likeness (QED) is 0.363. The predicted molar refractivity (Wildman–Crippen MR) is 147 cm³/mol. The average Bonchev–Trinajstić information content (AvgIpc) is 3.77. The SMILES string of the molecule is O=C([C@H](O)c1cccc(Br)c1)N1CCCc2nc(C3(c4cncc(-c5ccccc5)c4)CC3)[nH]c(=O)c2C1. The highest BCUT2D eigenvalue weighted by molar-refractivity contribution is 9.10. The molecule has 4 aromatic rings. The van der Waals surface area contributed by atoms with Crippen molar-refractivity contribution < 1.29 is 9.90 Å². The minimum Gasteiger partial charge on any atom is -0.378 e. The van der Waals surface area contributed by atoms with Gasteiger partial charge in [0, 0.05) is 29.0 Å². The van der Waals surface area contributed by atoms with Crippen molar-refractivity contribution in [1.29, 1.82) is 0 Å². The van der Waals surface area contributed by atoms with Crippen LogP contribution in [0.1, 0.15) is 53.6 Å². The number of aromatic amines is 1. The molecule has 2 aromatic carbocycles. The monoisotopic (exact) mass is 570 g/mol. The highest BCUT2D eigenvalue weighted by Crippen LogP contribution is 2.52. The lowest BCUT2D eigenvalue weighted by Crippen LogP contribution is -2.36. The van der Waals surface area contributed by atoms with Gasteiger partial charge in [0.05, 0.1) is 23.2 Å². The number of fused-ring (bicyclic) bond motifs is 1. The van der Waals surface area contributed by atoms with E-state index in [1.54, 1.807) is 23.1 Å². The minimum absolute atomic E-state index is 0.125. The van der Waals surface area contributed by atoms with Gasteiger partial charge in [-0.15, -0.1) is 0 Å². The molecule has 1 atom stereocenters. The number of halogens is 1. The largest absolute Gasteiger partial charge is 0.378 e. The number of aliphatic hydroxyl groups excluding tert-OH is 1. The number of hydrogen-bond donors (Lipinski definition) is 2. The van der Waals surface area contributed by atoms with Gasteiger partial charge in [-0.3, -0.25) is 14.6 Å². The van der Waals surface area contributed by atoms with Gasteiger partial charge in [-0.25, -0.2) is 4.98 Å². The molecule has 38 heavy (non-hydrogen) atoms. The second-order valence-electron chi connectivity index (χ2n) is 10.1. The van der Waals surface area contributed by atoms with Crippen molar-refractivity contribution in [1.82, 2.24) is 19.9 Å². The van der Waals surface area contributed by atoms with Crippen molar-refractivity contribution in [2.45, 2.75) is 43.7 Å². The van der Waals surface area contributed by atoms with Crippen LogP contribution in [0, 0.1) is 0 Å². The van der Waals surface area contributed by atoms with E-state index in [1.807, 2.05) is 36.7 Å². The lowest BCUT2D eigenvalue weighted by Gasteiger charge is -2.24. The van der Waals surface area contributed by atoms with E-state index in [4.69, 9.17) is 4.98 Å². The van der Waals surface area contributed by atoms with Gasteiger partial charge in [0.15, 0.2) is 6.10 Å². The fraction of sp³-hybridized carbons (Fsp3) is 0.267.